The molecule has 1 amide bonds. The number of hydrogen-bond acceptors (Lipinski definition) is 8. The van der Waals surface area contributed by atoms with Gasteiger partial charge in [0.05, 0.1) is 30.6 Å². The Kier molecular flexibility index (Phi) is 5.97. The molecule has 0 spiro atoms. The predicted molar refractivity (Wildman–Crippen MR) is 117 cm³/mol. The number of anilines is 1. The number of H-pyrrole nitrogens is 1. The van der Waals surface area contributed by atoms with Crippen LogP contribution in [0.1, 0.15) is 30.1 Å². The van der Waals surface area contributed by atoms with E-state index in [4.69, 9.17) is 10.1 Å². The van der Waals surface area contributed by atoms with Gasteiger partial charge in [-0.05, 0) is 31.9 Å². The number of amidine groups is 1. The van der Waals surface area contributed by atoms with Gasteiger partial charge in [-0.25, -0.2) is 14.4 Å². The molecule has 4 rings (SSSR count). The van der Waals surface area contributed by atoms with Gasteiger partial charge in [-0.15, -0.1) is 0 Å². The van der Waals surface area contributed by atoms with Crippen molar-refractivity contribution in [1.29, 1.82) is 5.41 Å². The molecule has 0 aliphatic carbocycles. The maximum absolute atomic E-state index is 13.9. The topological polar surface area (TPSA) is 131 Å². The van der Waals surface area contributed by atoms with E-state index in [1.807, 2.05) is 4.90 Å². The molecule has 0 radical (unpaired) electrons. The van der Waals surface area contributed by atoms with Crippen molar-refractivity contribution in [2.45, 2.75) is 25.8 Å². The minimum atomic E-state index is -0.501. The van der Waals surface area contributed by atoms with E-state index in [1.165, 1.54) is 13.2 Å². The van der Waals surface area contributed by atoms with Gasteiger partial charge in [0.25, 0.3) is 5.91 Å². The number of amides is 1. The van der Waals surface area contributed by atoms with Crippen molar-refractivity contribution in [1.82, 2.24) is 25.4 Å². The van der Waals surface area contributed by atoms with Crippen molar-refractivity contribution in [3.8, 4) is 5.88 Å². The number of carbonyl (C=O) groups is 1. The minimum absolute atomic E-state index is 0.0554. The summed E-state index contributed by atoms with van der Waals surface area (Å²) in [6.07, 6.45) is 7.16. The first kappa shape index (κ1) is 21.2. The zero-order valence-corrected chi connectivity index (χ0v) is 17.6. The van der Waals surface area contributed by atoms with E-state index in [2.05, 4.69) is 30.8 Å². The van der Waals surface area contributed by atoms with Crippen molar-refractivity contribution in [2.24, 2.45) is 4.99 Å². The first-order valence-electron chi connectivity index (χ1n) is 10.1. The number of aromatic nitrogens is 3. The molecule has 1 saturated heterocycles. The number of aromatic amines is 1. The molecule has 11 heteroatoms. The van der Waals surface area contributed by atoms with Gasteiger partial charge in [-0.2, -0.15) is 5.10 Å². The molecule has 1 fully saturated rings. The lowest BCUT2D eigenvalue weighted by molar-refractivity contribution is -0.112. The smallest absolute Gasteiger partial charge is 0.262 e. The Balaban J connectivity index is 1.64. The normalized spacial score (nSPS) is 19.3. The number of nitrogens with one attached hydrogen (secondary N) is 4. The monoisotopic (exact) mass is 438 g/mol. The number of rotatable bonds is 5. The molecule has 166 valence electrons. The largest absolute Gasteiger partial charge is 0.481 e. The number of hydrogen-bond donors (Lipinski definition) is 4. The van der Waals surface area contributed by atoms with E-state index in [0.717, 1.165) is 30.9 Å². The second-order valence-corrected chi connectivity index (χ2v) is 7.33. The Morgan fingerprint density at radius 3 is 3.00 bits per heavy atom. The molecule has 0 unspecified atom stereocenters. The molecule has 4 heterocycles. The number of likely N-dealkylation sites (tertiary alicyclic amines) is 1. The molecule has 2 aromatic rings. The molecule has 0 aromatic carbocycles. The van der Waals surface area contributed by atoms with Crippen molar-refractivity contribution in [3.05, 3.63) is 59.1 Å². The molecule has 2 aliphatic heterocycles. The quantitative estimate of drug-likeness (QED) is 0.419. The summed E-state index contributed by atoms with van der Waals surface area (Å²) in [5.74, 6) is 0.685. The fourth-order valence-corrected chi connectivity index (χ4v) is 3.81. The van der Waals surface area contributed by atoms with E-state index in [9.17, 15) is 9.18 Å². The highest BCUT2D eigenvalue weighted by atomic mass is 19.1. The predicted octanol–water partition coefficient (Wildman–Crippen LogP) is 2.41. The Morgan fingerprint density at radius 1 is 1.44 bits per heavy atom. The van der Waals surface area contributed by atoms with E-state index in [0.29, 0.717) is 29.6 Å². The highest BCUT2D eigenvalue weighted by Gasteiger charge is 2.32. The first-order chi connectivity index (χ1) is 15.5. The average molecular weight is 438 g/mol. The summed E-state index contributed by atoms with van der Waals surface area (Å²) in [6.45, 7) is 2.49. The summed E-state index contributed by atoms with van der Waals surface area (Å²) in [5.41, 5.74) is 1.43. The lowest BCUT2D eigenvalue weighted by Crippen LogP contribution is -2.33. The third-order valence-electron chi connectivity index (χ3n) is 5.22. The Hall–Kier alpha value is -4.02. The first-order valence-corrected chi connectivity index (χ1v) is 10.1. The van der Waals surface area contributed by atoms with E-state index in [1.54, 1.807) is 25.3 Å². The summed E-state index contributed by atoms with van der Waals surface area (Å²) in [7, 11) is 1.50. The number of nitrogens with zero attached hydrogens (tertiary/aromatic N) is 4. The van der Waals surface area contributed by atoms with Gasteiger partial charge < -0.3 is 25.7 Å². The zero-order chi connectivity index (χ0) is 22.7. The highest BCUT2D eigenvalue weighted by molar-refractivity contribution is 6.17. The molecule has 1 atom stereocenters. The Labute approximate surface area is 183 Å². The van der Waals surface area contributed by atoms with Gasteiger partial charge in [-0.1, -0.05) is 0 Å². The summed E-state index contributed by atoms with van der Waals surface area (Å²) in [5, 5.41) is 20.0. The number of aliphatic imine (C=N–C) groups is 1. The third-order valence-corrected chi connectivity index (χ3v) is 5.22. The molecular formula is C21H23FN8O2. The van der Waals surface area contributed by atoms with E-state index < -0.39 is 11.7 Å². The second-order valence-electron chi connectivity index (χ2n) is 7.33. The van der Waals surface area contributed by atoms with Gasteiger partial charge in [-0.3, -0.25) is 9.89 Å². The standard InChI is InChI=1S/C21H23FN8O2/c1-12-8-17(29-28-12)26-20(31)15(10-23)19-24-6-5-18(27-19)30-7-3-4-16(30)14-9-13(22)11-25-21(14)32-2/h5-6,8-11,16,23-24H,3-4,7H2,1-2H3,(H2,26,28,29,31)/b19-15-,23-10?/t16-/m1/s1. The van der Waals surface area contributed by atoms with Crippen molar-refractivity contribution in [3.63, 3.8) is 0 Å². The number of halogens is 1. The van der Waals surface area contributed by atoms with E-state index >= 15 is 0 Å². The fraction of sp³-hybridized carbons (Fsp3) is 0.286. The fourth-order valence-electron chi connectivity index (χ4n) is 3.81. The molecule has 10 nitrogen and oxygen atoms in total. The molecule has 0 saturated carbocycles. The lowest BCUT2D eigenvalue weighted by Gasteiger charge is -2.29. The van der Waals surface area contributed by atoms with Crippen LogP contribution in [0.2, 0.25) is 0 Å². The van der Waals surface area contributed by atoms with Crippen LogP contribution in [-0.4, -0.2) is 51.7 Å². The van der Waals surface area contributed by atoms with Crippen LogP contribution in [0.4, 0.5) is 10.2 Å². The molecular weight excluding hydrogens is 415 g/mol. The molecule has 32 heavy (non-hydrogen) atoms. The number of ether oxygens (including phenoxy) is 1. The summed E-state index contributed by atoms with van der Waals surface area (Å²) in [6, 6.07) is 2.93. The number of methoxy groups -OCH3 is 1. The van der Waals surface area contributed by atoms with Crippen molar-refractivity contribution in [2.75, 3.05) is 19.0 Å². The number of carbonyl (C=O) groups excluding carboxylic acids is 1. The molecule has 0 bridgehead atoms. The van der Waals surface area contributed by atoms with Gasteiger partial charge in [0.1, 0.15) is 23.3 Å². The minimum Gasteiger partial charge on any atom is -0.481 e. The van der Waals surface area contributed by atoms with Gasteiger partial charge >= 0.3 is 0 Å². The SMILES string of the molecule is COc1ncc(F)cc1[C@H]1CCCN1C1=N/C(=C(/C=N)C(=O)Nc2cc(C)n[nH]2)NC=C1. The van der Waals surface area contributed by atoms with Gasteiger partial charge in [0, 0.05) is 30.6 Å². The van der Waals surface area contributed by atoms with Crippen LogP contribution in [0, 0.1) is 18.2 Å². The van der Waals surface area contributed by atoms with Crippen molar-refractivity contribution >= 4 is 23.8 Å². The highest BCUT2D eigenvalue weighted by Crippen LogP contribution is 2.37. The van der Waals surface area contributed by atoms with Gasteiger partial charge in [0.15, 0.2) is 0 Å². The maximum atomic E-state index is 13.9. The van der Waals surface area contributed by atoms with Crippen LogP contribution in [-0.2, 0) is 4.79 Å². The maximum Gasteiger partial charge on any atom is 0.262 e. The Morgan fingerprint density at radius 2 is 2.28 bits per heavy atom. The third kappa shape index (κ3) is 4.22. The number of pyridine rings is 1. The average Bonchev–Trinajstić information content (AvgIpc) is 3.43. The van der Waals surface area contributed by atoms with Gasteiger partial charge in [0.2, 0.25) is 5.88 Å². The van der Waals surface area contributed by atoms with Crippen LogP contribution in [0.25, 0.3) is 0 Å². The van der Waals surface area contributed by atoms with Crippen LogP contribution < -0.4 is 15.4 Å². The zero-order valence-electron chi connectivity index (χ0n) is 17.6. The molecule has 2 aliphatic rings. The summed E-state index contributed by atoms with van der Waals surface area (Å²) < 4.78 is 19.3. The summed E-state index contributed by atoms with van der Waals surface area (Å²) >= 11 is 0. The van der Waals surface area contributed by atoms with Crippen LogP contribution >= 0.6 is 0 Å². The Bertz CT molecular complexity index is 1140. The molecule has 4 N–H and O–H groups in total. The van der Waals surface area contributed by atoms with Crippen molar-refractivity contribution < 1.29 is 13.9 Å². The summed E-state index contributed by atoms with van der Waals surface area (Å²) in [4.78, 5) is 23.4. The van der Waals surface area contributed by atoms with Crippen LogP contribution in [0.3, 0.4) is 0 Å². The second kappa shape index (κ2) is 9.00. The van der Waals surface area contributed by atoms with Crippen LogP contribution in [0.15, 0.2) is 47.0 Å². The molecule has 2 aromatic heterocycles. The lowest BCUT2D eigenvalue weighted by atomic mass is 10.1. The number of aryl methyl sites for hydroxylation is 1. The van der Waals surface area contributed by atoms with E-state index in [-0.39, 0.29) is 17.4 Å². The van der Waals surface area contributed by atoms with Crippen LogP contribution in [0.5, 0.6) is 5.88 Å².